The van der Waals surface area contributed by atoms with Gasteiger partial charge >= 0.3 is 29.9 Å². The molecule has 0 unspecified atom stereocenters. The van der Waals surface area contributed by atoms with Gasteiger partial charge < -0.3 is 19.3 Å². The van der Waals surface area contributed by atoms with Gasteiger partial charge in [-0.05, 0) is 38.5 Å². The number of carbonyl (C=O) groups excluding carboxylic acids is 2. The molecule has 192 valence electrons. The van der Waals surface area contributed by atoms with E-state index < -0.39 is 42.1 Å². The number of aliphatic hydroxyl groups is 1. The van der Waals surface area contributed by atoms with Gasteiger partial charge in [-0.3, -0.25) is 0 Å². The molecule has 1 aliphatic rings. The molecule has 12 heteroatoms. The van der Waals surface area contributed by atoms with Crippen molar-refractivity contribution in [1.29, 1.82) is 0 Å². The van der Waals surface area contributed by atoms with Crippen LogP contribution in [0.4, 0.5) is 26.3 Å². The van der Waals surface area contributed by atoms with Gasteiger partial charge in [-0.1, -0.05) is 34.3 Å². The molecule has 1 fully saturated rings. The lowest BCUT2D eigenvalue weighted by Gasteiger charge is -2.40. The first-order valence-corrected chi connectivity index (χ1v) is 10.5. The summed E-state index contributed by atoms with van der Waals surface area (Å²) in [6.07, 6.45) is -10.3. The first kappa shape index (κ1) is 29.1. The highest BCUT2D eigenvalue weighted by atomic mass is 19.4. The van der Waals surface area contributed by atoms with E-state index in [4.69, 9.17) is 14.6 Å². The van der Waals surface area contributed by atoms with E-state index in [1.165, 1.54) is 0 Å². The third-order valence-corrected chi connectivity index (χ3v) is 6.20. The van der Waals surface area contributed by atoms with Crippen LogP contribution in [-0.2, 0) is 23.8 Å². The van der Waals surface area contributed by atoms with Crippen LogP contribution in [-0.4, -0.2) is 53.3 Å². The van der Waals surface area contributed by atoms with Crippen molar-refractivity contribution in [3.05, 3.63) is 12.3 Å². The summed E-state index contributed by atoms with van der Waals surface area (Å²) in [7, 11) is 0. The molecular formula is C21H30F6O6. The topological polar surface area (TPSA) is 82.1 Å². The van der Waals surface area contributed by atoms with Gasteiger partial charge in [-0.2, -0.15) is 26.3 Å². The largest absolute Gasteiger partial charge is 0.495 e. The number of hydrogen-bond donors (Lipinski definition) is 1. The fraction of sp³-hybridized carbons (Fsp3) is 0.810. The molecule has 1 aliphatic carbocycles. The Balaban J connectivity index is 2.72. The molecule has 0 aromatic rings. The molecule has 0 aromatic carbocycles. The highest BCUT2D eigenvalue weighted by Gasteiger charge is 2.76. The average Bonchev–Trinajstić information content (AvgIpc) is 2.71. The van der Waals surface area contributed by atoms with Crippen LogP contribution < -0.4 is 0 Å². The summed E-state index contributed by atoms with van der Waals surface area (Å²) in [6, 6.07) is 0. The fourth-order valence-electron chi connectivity index (χ4n) is 3.21. The standard InChI is InChI=1S/C21H30F6O6/c1-6-17(4,5)13(3)32-14-8-10-18(7-2,11-9-14)33-15(28)12-31-16(29)19(30,20(22,23)24)21(25,26)27/h14,30H,3,6-12H2,1-2,4-5H3. The molecule has 0 heterocycles. The summed E-state index contributed by atoms with van der Waals surface area (Å²) in [4.78, 5) is 23.5. The summed E-state index contributed by atoms with van der Waals surface area (Å²) in [5.74, 6) is -3.77. The molecule has 1 saturated carbocycles. The zero-order valence-corrected chi connectivity index (χ0v) is 19.0. The molecule has 33 heavy (non-hydrogen) atoms. The minimum Gasteiger partial charge on any atom is -0.495 e. The van der Waals surface area contributed by atoms with Crippen molar-refractivity contribution in [1.82, 2.24) is 0 Å². The summed E-state index contributed by atoms with van der Waals surface area (Å²) < 4.78 is 91.1. The third kappa shape index (κ3) is 6.54. The van der Waals surface area contributed by atoms with Crippen molar-refractivity contribution >= 4 is 11.9 Å². The highest BCUT2D eigenvalue weighted by molar-refractivity contribution is 5.84. The van der Waals surface area contributed by atoms with E-state index in [-0.39, 0.29) is 11.5 Å². The number of allylic oxidation sites excluding steroid dienone is 1. The second kappa shape index (κ2) is 10.1. The second-order valence-corrected chi connectivity index (χ2v) is 8.77. The van der Waals surface area contributed by atoms with E-state index in [1.807, 2.05) is 20.8 Å². The zero-order chi connectivity index (χ0) is 25.9. The van der Waals surface area contributed by atoms with Gasteiger partial charge in [-0.25, -0.2) is 9.59 Å². The van der Waals surface area contributed by atoms with Gasteiger partial charge in [0.15, 0.2) is 6.61 Å². The summed E-state index contributed by atoms with van der Waals surface area (Å²) in [5, 5.41) is 8.96. The van der Waals surface area contributed by atoms with E-state index >= 15 is 0 Å². The molecule has 0 aromatic heterocycles. The van der Waals surface area contributed by atoms with Crippen molar-refractivity contribution < 1.29 is 55.2 Å². The average molecular weight is 492 g/mol. The zero-order valence-electron chi connectivity index (χ0n) is 19.0. The minimum atomic E-state index is -6.40. The maximum Gasteiger partial charge on any atom is 0.437 e. The van der Waals surface area contributed by atoms with Crippen LogP contribution in [0, 0.1) is 5.41 Å². The Morgan fingerprint density at radius 3 is 1.91 bits per heavy atom. The van der Waals surface area contributed by atoms with Crippen LogP contribution in [0.25, 0.3) is 0 Å². The molecule has 1 N–H and O–H groups in total. The van der Waals surface area contributed by atoms with Crippen molar-refractivity contribution in [2.75, 3.05) is 6.61 Å². The monoisotopic (exact) mass is 492 g/mol. The molecule has 0 radical (unpaired) electrons. The molecule has 0 saturated heterocycles. The van der Waals surface area contributed by atoms with E-state index in [1.54, 1.807) is 6.92 Å². The third-order valence-electron chi connectivity index (χ3n) is 6.20. The van der Waals surface area contributed by atoms with Crippen LogP contribution in [0.2, 0.25) is 0 Å². The maximum atomic E-state index is 12.7. The van der Waals surface area contributed by atoms with E-state index in [2.05, 4.69) is 11.3 Å². The molecular weight excluding hydrogens is 462 g/mol. The number of hydrogen-bond acceptors (Lipinski definition) is 6. The van der Waals surface area contributed by atoms with Crippen molar-refractivity contribution in [3.63, 3.8) is 0 Å². The number of esters is 2. The molecule has 6 nitrogen and oxygen atoms in total. The van der Waals surface area contributed by atoms with E-state index in [9.17, 15) is 35.9 Å². The Bertz CT molecular complexity index is 706. The lowest BCUT2D eigenvalue weighted by Crippen LogP contribution is -2.63. The number of ether oxygens (including phenoxy) is 3. The van der Waals surface area contributed by atoms with Gasteiger partial charge in [-0.15, -0.1) is 0 Å². The van der Waals surface area contributed by atoms with Crippen LogP contribution in [0.5, 0.6) is 0 Å². The van der Waals surface area contributed by atoms with Gasteiger partial charge in [0.2, 0.25) is 0 Å². The SMILES string of the molecule is C=C(OC1CCC(CC)(OC(=O)COC(=O)C(O)(C(F)(F)F)C(F)(F)F)CC1)C(C)(C)CC. The van der Waals surface area contributed by atoms with E-state index in [0.29, 0.717) is 37.9 Å². The minimum absolute atomic E-state index is 0.187. The predicted octanol–water partition coefficient (Wildman–Crippen LogP) is 4.99. The Hall–Kier alpha value is -1.98. The summed E-state index contributed by atoms with van der Waals surface area (Å²) in [5.41, 5.74) is -7.02. The Labute approximate surface area is 188 Å². The molecule has 0 aliphatic heterocycles. The highest BCUT2D eigenvalue weighted by Crippen LogP contribution is 2.44. The number of halogens is 6. The summed E-state index contributed by atoms with van der Waals surface area (Å²) >= 11 is 0. The van der Waals surface area contributed by atoms with Gasteiger partial charge in [0, 0.05) is 5.41 Å². The summed E-state index contributed by atoms with van der Waals surface area (Å²) in [6.45, 7) is 10.1. The first-order chi connectivity index (χ1) is 14.8. The maximum absolute atomic E-state index is 12.7. The fourth-order valence-corrected chi connectivity index (χ4v) is 3.21. The lowest BCUT2D eigenvalue weighted by molar-refractivity contribution is -0.356. The van der Waals surface area contributed by atoms with Crippen molar-refractivity contribution in [2.45, 2.75) is 95.9 Å². The molecule has 0 atom stereocenters. The number of carbonyl (C=O) groups is 2. The molecule has 1 rings (SSSR count). The van der Waals surface area contributed by atoms with Crippen molar-refractivity contribution in [2.24, 2.45) is 5.41 Å². The number of alkyl halides is 6. The number of rotatable bonds is 9. The van der Waals surface area contributed by atoms with Gasteiger partial charge in [0.25, 0.3) is 0 Å². The smallest absolute Gasteiger partial charge is 0.437 e. The van der Waals surface area contributed by atoms with Crippen LogP contribution in [0.1, 0.15) is 66.2 Å². The quantitative estimate of drug-likeness (QED) is 0.278. The van der Waals surface area contributed by atoms with Gasteiger partial charge in [0.05, 0.1) is 11.9 Å². The molecule has 0 amide bonds. The predicted molar refractivity (Wildman–Crippen MR) is 104 cm³/mol. The Kier molecular flexibility index (Phi) is 8.90. The first-order valence-electron chi connectivity index (χ1n) is 10.5. The Morgan fingerprint density at radius 1 is 1.03 bits per heavy atom. The van der Waals surface area contributed by atoms with E-state index in [0.717, 1.165) is 6.42 Å². The Morgan fingerprint density at radius 2 is 1.52 bits per heavy atom. The van der Waals surface area contributed by atoms with Crippen molar-refractivity contribution in [3.8, 4) is 0 Å². The van der Waals surface area contributed by atoms with Crippen LogP contribution >= 0.6 is 0 Å². The van der Waals surface area contributed by atoms with Gasteiger partial charge in [0.1, 0.15) is 5.60 Å². The lowest BCUT2D eigenvalue weighted by atomic mass is 9.81. The second-order valence-electron chi connectivity index (χ2n) is 8.77. The van der Waals surface area contributed by atoms with Crippen LogP contribution in [0.3, 0.4) is 0 Å². The molecule has 0 bridgehead atoms. The normalized spacial score (nSPS) is 22.5. The van der Waals surface area contributed by atoms with Crippen LogP contribution in [0.15, 0.2) is 12.3 Å². The molecule has 0 spiro atoms.